The maximum Gasteiger partial charge on any atom is 0.340 e. The minimum absolute atomic E-state index is 0.255. The van der Waals surface area contributed by atoms with Gasteiger partial charge in [-0.05, 0) is 27.2 Å². The van der Waals surface area contributed by atoms with Crippen LogP contribution in [0.2, 0.25) is 0 Å². The van der Waals surface area contributed by atoms with E-state index in [9.17, 15) is 4.79 Å². The van der Waals surface area contributed by atoms with Gasteiger partial charge in [0, 0.05) is 0 Å². The number of carbonyl (C=O) groups excluding carboxylic acids is 1. The summed E-state index contributed by atoms with van der Waals surface area (Å²) >= 11 is 0. The van der Waals surface area contributed by atoms with Crippen LogP contribution in [0.25, 0.3) is 0 Å². The second-order valence-corrected chi connectivity index (χ2v) is 4.51. The summed E-state index contributed by atoms with van der Waals surface area (Å²) in [4.78, 5) is 11.7. The van der Waals surface area contributed by atoms with Crippen molar-refractivity contribution in [3.8, 4) is 0 Å². The highest BCUT2D eigenvalue weighted by Crippen LogP contribution is 2.31. The third-order valence-electron chi connectivity index (χ3n) is 2.33. The van der Waals surface area contributed by atoms with Gasteiger partial charge in [-0.2, -0.15) is 0 Å². The minimum atomic E-state index is -0.947. The standard InChI is InChI=1S/C11H20O4/c1-5-6-7-13-9(12)11(4)8-14-10(2,3)15-11/h5-8H2,1-4H3/t11-/m1/s1. The Hall–Kier alpha value is -0.610. The van der Waals surface area contributed by atoms with E-state index in [0.717, 1.165) is 12.8 Å². The van der Waals surface area contributed by atoms with Gasteiger partial charge in [0.05, 0.1) is 13.2 Å². The Labute approximate surface area is 90.9 Å². The van der Waals surface area contributed by atoms with E-state index in [1.54, 1.807) is 20.8 Å². The molecular weight excluding hydrogens is 196 g/mol. The number of hydrogen-bond donors (Lipinski definition) is 0. The molecule has 0 aromatic rings. The van der Waals surface area contributed by atoms with E-state index in [2.05, 4.69) is 0 Å². The normalized spacial score (nSPS) is 29.1. The molecule has 0 aliphatic carbocycles. The summed E-state index contributed by atoms with van der Waals surface area (Å²) in [5.74, 6) is -1.03. The van der Waals surface area contributed by atoms with Gasteiger partial charge in [0.2, 0.25) is 0 Å². The van der Waals surface area contributed by atoms with E-state index in [1.165, 1.54) is 0 Å². The van der Waals surface area contributed by atoms with E-state index >= 15 is 0 Å². The summed E-state index contributed by atoms with van der Waals surface area (Å²) in [6.45, 7) is 8.04. The molecule has 0 saturated carbocycles. The third kappa shape index (κ3) is 3.18. The van der Waals surface area contributed by atoms with Crippen LogP contribution >= 0.6 is 0 Å². The van der Waals surface area contributed by atoms with Crippen molar-refractivity contribution in [2.24, 2.45) is 0 Å². The van der Waals surface area contributed by atoms with Crippen molar-refractivity contribution in [3.05, 3.63) is 0 Å². The first-order chi connectivity index (χ1) is 6.90. The molecule has 1 rings (SSSR count). The fourth-order valence-corrected chi connectivity index (χ4v) is 1.48. The summed E-state index contributed by atoms with van der Waals surface area (Å²) in [6, 6.07) is 0. The molecule has 1 heterocycles. The van der Waals surface area contributed by atoms with Crippen LogP contribution in [-0.2, 0) is 19.0 Å². The molecule has 1 aliphatic heterocycles. The van der Waals surface area contributed by atoms with Crippen LogP contribution in [0.5, 0.6) is 0 Å². The summed E-state index contributed by atoms with van der Waals surface area (Å²) < 4.78 is 16.0. The monoisotopic (exact) mass is 216 g/mol. The van der Waals surface area contributed by atoms with Gasteiger partial charge < -0.3 is 14.2 Å². The lowest BCUT2D eigenvalue weighted by molar-refractivity contribution is -0.186. The number of esters is 1. The quantitative estimate of drug-likeness (QED) is 0.531. The van der Waals surface area contributed by atoms with Gasteiger partial charge in [0.1, 0.15) is 0 Å². The van der Waals surface area contributed by atoms with E-state index in [0.29, 0.717) is 6.61 Å². The van der Waals surface area contributed by atoms with Crippen molar-refractivity contribution in [3.63, 3.8) is 0 Å². The second-order valence-electron chi connectivity index (χ2n) is 4.51. The largest absolute Gasteiger partial charge is 0.463 e. The van der Waals surface area contributed by atoms with Gasteiger partial charge in [-0.1, -0.05) is 13.3 Å². The molecule has 1 saturated heterocycles. The Morgan fingerprint density at radius 2 is 2.07 bits per heavy atom. The fourth-order valence-electron chi connectivity index (χ4n) is 1.48. The Kier molecular flexibility index (Phi) is 3.73. The van der Waals surface area contributed by atoms with Crippen molar-refractivity contribution in [1.82, 2.24) is 0 Å². The number of rotatable bonds is 4. The molecule has 0 N–H and O–H groups in total. The average molecular weight is 216 g/mol. The van der Waals surface area contributed by atoms with Crippen LogP contribution < -0.4 is 0 Å². The molecule has 0 radical (unpaired) electrons. The van der Waals surface area contributed by atoms with Gasteiger partial charge in [-0.3, -0.25) is 0 Å². The molecule has 1 atom stereocenters. The molecule has 15 heavy (non-hydrogen) atoms. The Morgan fingerprint density at radius 3 is 2.53 bits per heavy atom. The molecule has 1 fully saturated rings. The smallest absolute Gasteiger partial charge is 0.340 e. The first-order valence-corrected chi connectivity index (χ1v) is 5.41. The van der Waals surface area contributed by atoms with E-state index in [4.69, 9.17) is 14.2 Å². The predicted molar refractivity (Wildman–Crippen MR) is 55.4 cm³/mol. The van der Waals surface area contributed by atoms with Crippen LogP contribution in [0.4, 0.5) is 0 Å². The molecule has 4 nitrogen and oxygen atoms in total. The molecule has 0 unspecified atom stereocenters. The van der Waals surface area contributed by atoms with Gasteiger partial charge in [0.25, 0.3) is 0 Å². The number of hydrogen-bond acceptors (Lipinski definition) is 4. The molecule has 0 aromatic carbocycles. The summed E-state index contributed by atoms with van der Waals surface area (Å²) in [7, 11) is 0. The Morgan fingerprint density at radius 1 is 1.40 bits per heavy atom. The molecule has 0 amide bonds. The molecule has 0 spiro atoms. The van der Waals surface area contributed by atoms with Crippen molar-refractivity contribution < 1.29 is 19.0 Å². The summed E-state index contributed by atoms with van der Waals surface area (Å²) in [5, 5.41) is 0. The molecule has 0 bridgehead atoms. The number of unbranched alkanes of at least 4 members (excludes halogenated alkanes) is 1. The van der Waals surface area contributed by atoms with Gasteiger partial charge in [-0.15, -0.1) is 0 Å². The SMILES string of the molecule is CCCCOC(=O)[C@@]1(C)COC(C)(C)O1. The lowest BCUT2D eigenvalue weighted by Gasteiger charge is -2.23. The van der Waals surface area contributed by atoms with Crippen LogP contribution in [-0.4, -0.2) is 30.6 Å². The zero-order valence-corrected chi connectivity index (χ0v) is 9.96. The van der Waals surface area contributed by atoms with Crippen molar-refractivity contribution in [2.75, 3.05) is 13.2 Å². The molecule has 0 aromatic heterocycles. The van der Waals surface area contributed by atoms with Crippen molar-refractivity contribution >= 4 is 5.97 Å². The van der Waals surface area contributed by atoms with Gasteiger partial charge >= 0.3 is 5.97 Å². The first-order valence-electron chi connectivity index (χ1n) is 5.41. The molecule has 4 heteroatoms. The highest BCUT2D eigenvalue weighted by atomic mass is 16.8. The summed E-state index contributed by atoms with van der Waals surface area (Å²) in [6.07, 6.45) is 1.89. The topological polar surface area (TPSA) is 44.8 Å². The maximum absolute atomic E-state index is 11.7. The van der Waals surface area contributed by atoms with E-state index in [-0.39, 0.29) is 12.6 Å². The number of ether oxygens (including phenoxy) is 3. The second kappa shape index (κ2) is 4.49. The number of carbonyl (C=O) groups is 1. The summed E-state index contributed by atoms with van der Waals surface area (Å²) in [5.41, 5.74) is -0.947. The lowest BCUT2D eigenvalue weighted by atomic mass is 10.1. The van der Waals surface area contributed by atoms with E-state index in [1.807, 2.05) is 6.92 Å². The van der Waals surface area contributed by atoms with Crippen molar-refractivity contribution in [2.45, 2.75) is 51.9 Å². The van der Waals surface area contributed by atoms with Crippen LogP contribution in [0.15, 0.2) is 0 Å². The highest BCUT2D eigenvalue weighted by Gasteiger charge is 2.48. The average Bonchev–Trinajstić information content (AvgIpc) is 2.42. The van der Waals surface area contributed by atoms with Gasteiger partial charge in [0.15, 0.2) is 11.4 Å². The molecule has 88 valence electrons. The zero-order valence-electron chi connectivity index (χ0n) is 9.96. The lowest BCUT2D eigenvalue weighted by Crippen LogP contribution is -2.41. The van der Waals surface area contributed by atoms with Crippen LogP contribution in [0.1, 0.15) is 40.5 Å². The van der Waals surface area contributed by atoms with Crippen LogP contribution in [0, 0.1) is 0 Å². The minimum Gasteiger partial charge on any atom is -0.463 e. The molecule has 1 aliphatic rings. The first kappa shape index (κ1) is 12.5. The van der Waals surface area contributed by atoms with Crippen molar-refractivity contribution in [1.29, 1.82) is 0 Å². The third-order valence-corrected chi connectivity index (χ3v) is 2.33. The fraction of sp³-hybridized carbons (Fsp3) is 0.909. The zero-order chi connectivity index (χ0) is 11.5. The molecular formula is C11H20O4. The van der Waals surface area contributed by atoms with E-state index < -0.39 is 11.4 Å². The Balaban J connectivity index is 2.45. The van der Waals surface area contributed by atoms with Gasteiger partial charge in [-0.25, -0.2) is 4.79 Å². The predicted octanol–water partition coefficient (Wildman–Crippen LogP) is 1.87. The maximum atomic E-state index is 11.7. The Bertz CT molecular complexity index is 237. The highest BCUT2D eigenvalue weighted by molar-refractivity contribution is 5.79. The van der Waals surface area contributed by atoms with Crippen LogP contribution in [0.3, 0.4) is 0 Å².